The fourth-order valence-corrected chi connectivity index (χ4v) is 3.77. The zero-order valence-corrected chi connectivity index (χ0v) is 16.8. The molecule has 30 heavy (non-hydrogen) atoms. The van der Waals surface area contributed by atoms with Crippen LogP contribution in [0.15, 0.2) is 73.1 Å². The molecule has 1 saturated heterocycles. The molecule has 1 aliphatic rings. The van der Waals surface area contributed by atoms with E-state index in [2.05, 4.69) is 50.8 Å². The Kier molecular flexibility index (Phi) is 5.23. The van der Waals surface area contributed by atoms with Crippen molar-refractivity contribution in [2.45, 2.75) is 6.42 Å². The number of benzene rings is 2. The highest BCUT2D eigenvalue weighted by atomic mass is 15.3. The minimum Gasteiger partial charge on any atom is -0.340 e. The summed E-state index contributed by atoms with van der Waals surface area (Å²) in [5.74, 6) is 1.62. The summed E-state index contributed by atoms with van der Waals surface area (Å²) in [6.45, 7) is 3.87. The maximum absolute atomic E-state index is 4.91. The molecule has 1 fully saturated rings. The largest absolute Gasteiger partial charge is 0.340 e. The summed E-state index contributed by atoms with van der Waals surface area (Å²) in [5.41, 5.74) is 4.27. The van der Waals surface area contributed by atoms with E-state index >= 15 is 0 Å². The molecule has 0 saturated carbocycles. The molecular weight excluding hydrogens is 372 g/mol. The number of anilines is 3. The summed E-state index contributed by atoms with van der Waals surface area (Å²) >= 11 is 0. The fourth-order valence-electron chi connectivity index (χ4n) is 3.77. The molecule has 4 aromatic rings. The van der Waals surface area contributed by atoms with Gasteiger partial charge in [0.25, 0.3) is 0 Å². The van der Waals surface area contributed by atoms with Gasteiger partial charge in [0.2, 0.25) is 5.95 Å². The van der Waals surface area contributed by atoms with Crippen LogP contribution in [-0.4, -0.2) is 41.1 Å². The summed E-state index contributed by atoms with van der Waals surface area (Å²) in [6, 6.07) is 20.6. The van der Waals surface area contributed by atoms with Crippen molar-refractivity contribution in [2.75, 3.05) is 36.4 Å². The minimum atomic E-state index is 0.785. The smallest absolute Gasteiger partial charge is 0.227 e. The second-order valence-corrected chi connectivity index (χ2v) is 7.42. The Morgan fingerprint density at radius 2 is 1.60 bits per heavy atom. The number of rotatable bonds is 4. The second kappa shape index (κ2) is 8.47. The van der Waals surface area contributed by atoms with Crippen LogP contribution >= 0.6 is 0 Å². The number of nitrogens with zero attached hydrogens (tertiary/aromatic N) is 4. The van der Waals surface area contributed by atoms with Crippen molar-refractivity contribution in [3.05, 3.63) is 73.1 Å². The van der Waals surface area contributed by atoms with Crippen molar-refractivity contribution in [2.24, 2.45) is 0 Å². The lowest BCUT2D eigenvalue weighted by Gasteiger charge is -2.21. The first-order valence-corrected chi connectivity index (χ1v) is 10.4. The molecule has 2 aromatic carbocycles. The predicted octanol–water partition coefficient (Wildman–Crippen LogP) is 4.24. The third-order valence-corrected chi connectivity index (χ3v) is 5.38. The zero-order chi connectivity index (χ0) is 20.2. The van der Waals surface area contributed by atoms with Gasteiger partial charge in [-0.2, -0.15) is 4.98 Å². The standard InChI is InChI=1S/C24H24N6/c1-2-5-22-21(4-1)23(29-24(28-22)30-16-3-12-25-15-17-30)27-20-8-6-18(7-9-20)19-10-13-26-14-11-19/h1-2,4-11,13-14,25H,3,12,15-17H2,(H,27,28,29). The van der Waals surface area contributed by atoms with Gasteiger partial charge >= 0.3 is 0 Å². The molecule has 0 amide bonds. The van der Waals surface area contributed by atoms with E-state index in [0.717, 1.165) is 72.1 Å². The molecule has 0 bridgehead atoms. The normalized spacial score (nSPS) is 14.5. The molecule has 0 atom stereocenters. The number of nitrogens with one attached hydrogen (secondary N) is 2. The quantitative estimate of drug-likeness (QED) is 0.538. The Labute approximate surface area is 176 Å². The minimum absolute atomic E-state index is 0.785. The molecule has 0 radical (unpaired) electrons. The first-order chi connectivity index (χ1) is 14.9. The molecule has 2 aromatic heterocycles. The SMILES string of the molecule is c1ccc2c(Nc3ccc(-c4ccncc4)cc3)nc(N3CCCNCC3)nc2c1. The van der Waals surface area contributed by atoms with E-state index in [-0.39, 0.29) is 0 Å². The van der Waals surface area contributed by atoms with Crippen LogP contribution < -0.4 is 15.5 Å². The molecule has 1 aliphatic heterocycles. The van der Waals surface area contributed by atoms with Crippen molar-refractivity contribution in [1.82, 2.24) is 20.3 Å². The highest BCUT2D eigenvalue weighted by Crippen LogP contribution is 2.28. The van der Waals surface area contributed by atoms with Gasteiger partial charge in [0.15, 0.2) is 0 Å². The van der Waals surface area contributed by atoms with Crippen LogP contribution in [-0.2, 0) is 0 Å². The summed E-state index contributed by atoms with van der Waals surface area (Å²) in [4.78, 5) is 16.1. The van der Waals surface area contributed by atoms with Crippen LogP contribution in [0.3, 0.4) is 0 Å². The van der Waals surface area contributed by atoms with Crippen LogP contribution in [0.2, 0.25) is 0 Å². The van der Waals surface area contributed by atoms with E-state index in [1.807, 2.05) is 42.7 Å². The zero-order valence-electron chi connectivity index (χ0n) is 16.8. The second-order valence-electron chi connectivity index (χ2n) is 7.42. The van der Waals surface area contributed by atoms with Gasteiger partial charge in [0, 0.05) is 43.1 Å². The third kappa shape index (κ3) is 3.95. The molecule has 3 heterocycles. The predicted molar refractivity (Wildman–Crippen MR) is 122 cm³/mol. The lowest BCUT2D eigenvalue weighted by Crippen LogP contribution is -2.29. The lowest BCUT2D eigenvalue weighted by atomic mass is 10.1. The average Bonchev–Trinajstić information content (AvgIpc) is 3.10. The Bertz CT molecular complexity index is 1120. The van der Waals surface area contributed by atoms with Gasteiger partial charge in [0.05, 0.1) is 5.52 Å². The van der Waals surface area contributed by atoms with Gasteiger partial charge in [-0.25, -0.2) is 4.98 Å². The average molecular weight is 396 g/mol. The third-order valence-electron chi connectivity index (χ3n) is 5.38. The Balaban J connectivity index is 1.47. The van der Waals surface area contributed by atoms with Gasteiger partial charge in [-0.05, 0) is 60.5 Å². The highest BCUT2D eigenvalue weighted by Gasteiger charge is 2.15. The highest BCUT2D eigenvalue weighted by molar-refractivity contribution is 5.91. The first kappa shape index (κ1) is 18.5. The van der Waals surface area contributed by atoms with Crippen molar-refractivity contribution in [3.8, 4) is 11.1 Å². The molecule has 0 aliphatic carbocycles. The van der Waals surface area contributed by atoms with Crippen molar-refractivity contribution >= 4 is 28.4 Å². The molecule has 6 nitrogen and oxygen atoms in total. The van der Waals surface area contributed by atoms with Crippen LogP contribution in [0.1, 0.15) is 6.42 Å². The molecule has 5 rings (SSSR count). The number of hydrogen-bond donors (Lipinski definition) is 2. The monoisotopic (exact) mass is 396 g/mol. The van der Waals surface area contributed by atoms with Gasteiger partial charge < -0.3 is 15.5 Å². The van der Waals surface area contributed by atoms with Crippen molar-refractivity contribution in [1.29, 1.82) is 0 Å². The van der Waals surface area contributed by atoms with Crippen molar-refractivity contribution in [3.63, 3.8) is 0 Å². The number of fused-ring (bicyclic) bond motifs is 1. The summed E-state index contributed by atoms with van der Waals surface area (Å²) in [6.07, 6.45) is 4.72. The van der Waals surface area contributed by atoms with E-state index in [9.17, 15) is 0 Å². The topological polar surface area (TPSA) is 66.0 Å². The van der Waals surface area contributed by atoms with E-state index < -0.39 is 0 Å². The number of pyridine rings is 1. The van der Waals surface area contributed by atoms with Gasteiger partial charge in [0.1, 0.15) is 5.82 Å². The van der Waals surface area contributed by atoms with Gasteiger partial charge in [-0.3, -0.25) is 4.98 Å². The van der Waals surface area contributed by atoms with Crippen LogP contribution in [0.4, 0.5) is 17.5 Å². The number of hydrogen-bond acceptors (Lipinski definition) is 6. The van der Waals surface area contributed by atoms with E-state index in [1.54, 1.807) is 0 Å². The Morgan fingerprint density at radius 1 is 0.800 bits per heavy atom. The molecule has 0 unspecified atom stereocenters. The molecule has 2 N–H and O–H groups in total. The van der Waals surface area contributed by atoms with Crippen molar-refractivity contribution < 1.29 is 0 Å². The number of aromatic nitrogens is 3. The van der Waals surface area contributed by atoms with E-state index in [1.165, 1.54) is 0 Å². The fraction of sp³-hybridized carbons (Fsp3) is 0.208. The van der Waals surface area contributed by atoms with E-state index in [0.29, 0.717) is 0 Å². The first-order valence-electron chi connectivity index (χ1n) is 10.4. The summed E-state index contributed by atoms with van der Waals surface area (Å²) in [7, 11) is 0. The number of para-hydroxylation sites is 1. The maximum Gasteiger partial charge on any atom is 0.227 e. The Morgan fingerprint density at radius 3 is 2.47 bits per heavy atom. The lowest BCUT2D eigenvalue weighted by molar-refractivity contribution is 0.724. The van der Waals surface area contributed by atoms with Gasteiger partial charge in [-0.1, -0.05) is 24.3 Å². The molecular formula is C24H24N6. The summed E-state index contributed by atoms with van der Waals surface area (Å²) < 4.78 is 0. The molecule has 150 valence electrons. The van der Waals surface area contributed by atoms with E-state index in [4.69, 9.17) is 9.97 Å². The molecule has 6 heteroatoms. The van der Waals surface area contributed by atoms with Crippen LogP contribution in [0, 0.1) is 0 Å². The van der Waals surface area contributed by atoms with Gasteiger partial charge in [-0.15, -0.1) is 0 Å². The molecule has 0 spiro atoms. The summed E-state index contributed by atoms with van der Waals surface area (Å²) in [5, 5.41) is 7.98. The van der Waals surface area contributed by atoms with Crippen LogP contribution in [0.5, 0.6) is 0 Å². The Hall–Kier alpha value is -3.51. The van der Waals surface area contributed by atoms with Crippen LogP contribution in [0.25, 0.3) is 22.0 Å². The maximum atomic E-state index is 4.91.